The first-order valence-electron chi connectivity index (χ1n) is 23.6. The molecule has 9 rings (SSSR count). The Balaban J connectivity index is 0.000000902. The van der Waals surface area contributed by atoms with Gasteiger partial charge in [-0.3, -0.25) is 4.79 Å². The van der Waals surface area contributed by atoms with Gasteiger partial charge in [0.2, 0.25) is 0 Å². The van der Waals surface area contributed by atoms with Gasteiger partial charge >= 0.3 is 0 Å². The summed E-state index contributed by atoms with van der Waals surface area (Å²) in [5.74, 6) is 2.21. The molecule has 3 atom stereocenters. The zero-order valence-electron chi connectivity index (χ0n) is 41.2. The smallest absolute Gasteiger partial charge is 0.275 e. The number of benzene rings is 8. The summed E-state index contributed by atoms with van der Waals surface area (Å²) >= 11 is 0. The number of carbonyl (C=O) groups excluding carboxylic acids is 1. The van der Waals surface area contributed by atoms with Crippen LogP contribution in [0.3, 0.4) is 0 Å². The SMILES string of the molecule is C=C1CC=C(OPOc2c(C(=O)CCC)cc3ccccc3c2-c2c(OPOc3cc4ccccc4c4ccccc34)c(C(C)O)cc3ccccc23)c2ccccc21.CC.CC.CC.COC. The van der Waals surface area contributed by atoms with Crippen molar-refractivity contribution in [2.24, 2.45) is 0 Å². The Kier molecular flexibility index (Phi) is 20.6. The summed E-state index contributed by atoms with van der Waals surface area (Å²) in [7, 11) is 2.28. The largest absolute Gasteiger partial charge is 0.440 e. The second-order valence-corrected chi connectivity index (χ2v) is 16.3. The van der Waals surface area contributed by atoms with E-state index in [0.717, 1.165) is 59.8 Å². The third-order valence-corrected chi connectivity index (χ3v) is 12.1. The molecule has 1 aliphatic carbocycles. The summed E-state index contributed by atoms with van der Waals surface area (Å²) < 4.78 is 30.9. The van der Waals surface area contributed by atoms with E-state index in [2.05, 4.69) is 41.6 Å². The van der Waals surface area contributed by atoms with Crippen LogP contribution in [-0.4, -0.2) is 25.1 Å². The Bertz CT molecular complexity index is 2990. The standard InChI is InChI=1S/C51H42O6P2.C2H6O.3C2H6/c1-4-15-45(53)44-29-34-17-7-10-22-39(34)49(51(44)57-58-54-46-27-26-31(2)36-19-11-13-24-41(36)46)48-38-21-9-6-16-33(38)28-43(32(3)52)50(48)56-59-55-47-30-35-18-5-8-20-37(35)40-23-12-14-25-42(40)47;1-3-2;3*1-2/h5-14,16-25,27-30,32,52,58-59H,2,4,15,26H2,1,3H3;1-2H3;3*1-2H3. The Labute approximate surface area is 407 Å². The third-order valence-electron chi connectivity index (χ3n) is 10.9. The molecule has 0 aromatic heterocycles. The number of methoxy groups -OCH3 is 1. The summed E-state index contributed by atoms with van der Waals surface area (Å²) in [4.78, 5) is 14.2. The van der Waals surface area contributed by atoms with Gasteiger partial charge in [-0.05, 0) is 92.9 Å². The summed E-state index contributed by atoms with van der Waals surface area (Å²) in [6, 6.07) is 46.5. The van der Waals surface area contributed by atoms with Crippen LogP contribution in [0.2, 0.25) is 0 Å². The maximum Gasteiger partial charge on any atom is 0.275 e. The summed E-state index contributed by atoms with van der Waals surface area (Å²) in [5, 5.41) is 19.2. The van der Waals surface area contributed by atoms with Crippen LogP contribution >= 0.6 is 18.1 Å². The molecule has 0 amide bonds. The van der Waals surface area contributed by atoms with E-state index in [1.807, 2.05) is 164 Å². The second-order valence-electron chi connectivity index (χ2n) is 15.1. The first-order valence-corrected chi connectivity index (χ1v) is 25.2. The van der Waals surface area contributed by atoms with E-state index in [1.54, 1.807) is 21.1 Å². The van der Waals surface area contributed by atoms with Crippen LogP contribution in [0.5, 0.6) is 17.2 Å². The van der Waals surface area contributed by atoms with Crippen molar-refractivity contribution in [3.05, 3.63) is 174 Å². The van der Waals surface area contributed by atoms with Crippen molar-refractivity contribution < 1.29 is 32.7 Å². The van der Waals surface area contributed by atoms with Crippen LogP contribution in [0.25, 0.3) is 65.5 Å². The minimum atomic E-state index is -0.904. The molecule has 8 aromatic rings. The maximum atomic E-state index is 14.2. The highest BCUT2D eigenvalue weighted by atomic mass is 31.1. The van der Waals surface area contributed by atoms with E-state index < -0.39 is 24.2 Å². The monoisotopic (exact) mass is 948 g/mol. The molecular weight excluding hydrogens is 883 g/mol. The van der Waals surface area contributed by atoms with E-state index in [-0.39, 0.29) is 5.78 Å². The minimum Gasteiger partial charge on any atom is -0.440 e. The summed E-state index contributed by atoms with van der Waals surface area (Å²) in [5.41, 5.74) is 5.44. The Morgan fingerprint density at radius 3 is 1.68 bits per heavy atom. The van der Waals surface area contributed by atoms with Gasteiger partial charge in [-0.2, -0.15) is 0 Å². The zero-order valence-corrected chi connectivity index (χ0v) is 43.2. The highest BCUT2D eigenvalue weighted by molar-refractivity contribution is 7.27. The molecule has 0 fully saturated rings. The van der Waals surface area contributed by atoms with Crippen LogP contribution in [0, 0.1) is 0 Å². The van der Waals surface area contributed by atoms with Crippen molar-refractivity contribution in [2.45, 2.75) is 80.8 Å². The van der Waals surface area contributed by atoms with Gasteiger partial charge in [0.25, 0.3) is 18.1 Å². The molecule has 1 aliphatic rings. The fourth-order valence-corrected chi connectivity index (χ4v) is 9.35. The van der Waals surface area contributed by atoms with E-state index in [0.29, 0.717) is 64.5 Å². The van der Waals surface area contributed by atoms with Crippen LogP contribution in [-0.2, 0) is 9.26 Å². The second kappa shape index (κ2) is 26.5. The fraction of sp³-hybridized carbons (Fsp3) is 0.237. The fourth-order valence-electron chi connectivity index (χ4n) is 8.13. The number of hydrogen-bond acceptors (Lipinski definition) is 7. The van der Waals surface area contributed by atoms with Crippen molar-refractivity contribution in [3.63, 3.8) is 0 Å². The zero-order chi connectivity index (χ0) is 49.2. The van der Waals surface area contributed by atoms with Gasteiger partial charge in [-0.1, -0.05) is 176 Å². The normalized spacial score (nSPS) is 12.2. The van der Waals surface area contributed by atoms with Gasteiger partial charge in [-0.25, -0.2) is 0 Å². The molecule has 0 aliphatic heterocycles. The highest BCUT2D eigenvalue weighted by Crippen LogP contribution is 2.52. The number of carbonyl (C=O) groups is 1. The molecule has 0 radical (unpaired) electrons. The number of Topliss-reactive ketones (excluding diaryl/α,β-unsaturated/α-hetero) is 1. The predicted molar refractivity (Wildman–Crippen MR) is 293 cm³/mol. The topological polar surface area (TPSA) is 83.5 Å². The number of aliphatic hydroxyl groups is 1. The van der Waals surface area contributed by atoms with Crippen molar-refractivity contribution in [1.82, 2.24) is 0 Å². The lowest BCUT2D eigenvalue weighted by atomic mass is 9.87. The number of ketones is 1. The summed E-state index contributed by atoms with van der Waals surface area (Å²) in [6.45, 7) is 20.0. The quantitative estimate of drug-likeness (QED) is 0.0700. The van der Waals surface area contributed by atoms with Gasteiger partial charge in [0, 0.05) is 48.3 Å². The Morgan fingerprint density at radius 1 is 0.603 bits per heavy atom. The van der Waals surface area contributed by atoms with Crippen LogP contribution in [0.1, 0.15) is 108 Å². The van der Waals surface area contributed by atoms with Crippen molar-refractivity contribution in [1.29, 1.82) is 0 Å². The maximum absolute atomic E-state index is 14.2. The number of ether oxygens (including phenoxy) is 1. The number of fused-ring (bicyclic) bond motifs is 6. The van der Waals surface area contributed by atoms with Crippen LogP contribution in [0.15, 0.2) is 152 Å². The molecule has 0 spiro atoms. The lowest BCUT2D eigenvalue weighted by Crippen LogP contribution is -2.05. The molecule has 68 heavy (non-hydrogen) atoms. The first-order chi connectivity index (χ1) is 33.3. The average molecular weight is 949 g/mol. The third kappa shape index (κ3) is 11.8. The lowest BCUT2D eigenvalue weighted by molar-refractivity contribution is 0.0980. The Morgan fingerprint density at radius 2 is 1.07 bits per heavy atom. The summed E-state index contributed by atoms with van der Waals surface area (Å²) in [6.07, 6.45) is 2.79. The van der Waals surface area contributed by atoms with Crippen molar-refractivity contribution in [3.8, 4) is 28.4 Å². The van der Waals surface area contributed by atoms with Crippen LogP contribution in [0.4, 0.5) is 0 Å². The van der Waals surface area contributed by atoms with Crippen molar-refractivity contribution >= 4 is 78.3 Å². The molecule has 0 bridgehead atoms. The van der Waals surface area contributed by atoms with Gasteiger partial charge in [-0.15, -0.1) is 0 Å². The molecular formula is C59H66O7P2. The van der Waals surface area contributed by atoms with E-state index in [9.17, 15) is 9.90 Å². The number of rotatable bonds is 13. The van der Waals surface area contributed by atoms with Gasteiger partial charge in [0.1, 0.15) is 23.0 Å². The molecule has 9 heteroatoms. The molecule has 0 heterocycles. The van der Waals surface area contributed by atoms with Crippen molar-refractivity contribution in [2.75, 3.05) is 14.2 Å². The highest BCUT2D eigenvalue weighted by Gasteiger charge is 2.28. The van der Waals surface area contributed by atoms with E-state index in [4.69, 9.17) is 18.1 Å². The molecule has 8 aromatic carbocycles. The molecule has 7 nitrogen and oxygen atoms in total. The van der Waals surface area contributed by atoms with E-state index in [1.165, 1.54) is 0 Å². The predicted octanol–water partition coefficient (Wildman–Crippen LogP) is 17.7. The molecule has 0 saturated heterocycles. The molecule has 354 valence electrons. The van der Waals surface area contributed by atoms with E-state index >= 15 is 0 Å². The Hall–Kier alpha value is -6.07. The van der Waals surface area contributed by atoms with Gasteiger partial charge < -0.3 is 27.9 Å². The van der Waals surface area contributed by atoms with Crippen LogP contribution < -0.4 is 13.6 Å². The number of hydrogen-bond donors (Lipinski definition) is 1. The van der Waals surface area contributed by atoms with Gasteiger partial charge in [0.05, 0.1) is 11.7 Å². The average Bonchev–Trinajstić information content (AvgIpc) is 3.38. The molecule has 1 N–H and O–H groups in total. The first kappa shape index (κ1) is 52.9. The molecule has 3 unspecified atom stereocenters. The number of aliphatic hydroxyl groups excluding tert-OH is 1. The van der Waals surface area contributed by atoms with Gasteiger partial charge in [0.15, 0.2) is 5.78 Å². The molecule has 0 saturated carbocycles. The lowest BCUT2D eigenvalue weighted by Gasteiger charge is -2.24. The minimum absolute atomic E-state index is 0.0373. The number of allylic oxidation sites excluding steroid dienone is 2.